The third-order valence-corrected chi connectivity index (χ3v) is 6.28. The van der Waals surface area contributed by atoms with Crippen LogP contribution in [0.25, 0.3) is 0 Å². The van der Waals surface area contributed by atoms with Crippen LogP contribution in [0.3, 0.4) is 0 Å². The number of sulfone groups is 1. The third-order valence-electron chi connectivity index (χ3n) is 4.55. The SMILES string of the molecule is O=C(CCS(=O)(=O)c1ccccc1)NC[C@@H]1CCOc2ccccc2C1. The molecule has 1 aliphatic heterocycles. The Morgan fingerprint density at radius 2 is 1.81 bits per heavy atom. The van der Waals surface area contributed by atoms with Crippen molar-refractivity contribution in [2.24, 2.45) is 5.92 Å². The van der Waals surface area contributed by atoms with Gasteiger partial charge in [-0.3, -0.25) is 4.79 Å². The van der Waals surface area contributed by atoms with Gasteiger partial charge < -0.3 is 10.1 Å². The van der Waals surface area contributed by atoms with Crippen molar-refractivity contribution in [2.45, 2.75) is 24.2 Å². The normalized spacial score (nSPS) is 16.8. The molecule has 0 fully saturated rings. The monoisotopic (exact) mass is 373 g/mol. The molecule has 0 saturated heterocycles. The van der Waals surface area contributed by atoms with Gasteiger partial charge in [0.15, 0.2) is 9.84 Å². The van der Waals surface area contributed by atoms with Gasteiger partial charge in [-0.05, 0) is 42.5 Å². The first kappa shape index (κ1) is 18.5. The van der Waals surface area contributed by atoms with E-state index in [0.717, 1.165) is 24.2 Å². The second kappa shape index (κ2) is 8.36. The molecule has 2 aromatic carbocycles. The van der Waals surface area contributed by atoms with Gasteiger partial charge in [-0.1, -0.05) is 36.4 Å². The lowest BCUT2D eigenvalue weighted by atomic mass is 9.97. The lowest BCUT2D eigenvalue weighted by molar-refractivity contribution is -0.120. The van der Waals surface area contributed by atoms with Gasteiger partial charge >= 0.3 is 0 Å². The van der Waals surface area contributed by atoms with E-state index in [1.54, 1.807) is 30.3 Å². The van der Waals surface area contributed by atoms with Crippen LogP contribution in [0.15, 0.2) is 59.5 Å². The van der Waals surface area contributed by atoms with E-state index in [0.29, 0.717) is 13.2 Å². The molecule has 2 aromatic rings. The van der Waals surface area contributed by atoms with Gasteiger partial charge in [-0.15, -0.1) is 0 Å². The van der Waals surface area contributed by atoms with Gasteiger partial charge in [0.2, 0.25) is 5.91 Å². The molecule has 1 atom stereocenters. The summed E-state index contributed by atoms with van der Waals surface area (Å²) in [6, 6.07) is 16.2. The van der Waals surface area contributed by atoms with Gasteiger partial charge in [0, 0.05) is 13.0 Å². The van der Waals surface area contributed by atoms with E-state index < -0.39 is 9.84 Å². The van der Waals surface area contributed by atoms with Crippen LogP contribution in [0.5, 0.6) is 5.75 Å². The van der Waals surface area contributed by atoms with Crippen molar-refractivity contribution in [3.63, 3.8) is 0 Å². The summed E-state index contributed by atoms with van der Waals surface area (Å²) in [5.74, 6) is 0.783. The Morgan fingerprint density at radius 3 is 2.62 bits per heavy atom. The number of hydrogen-bond acceptors (Lipinski definition) is 4. The average Bonchev–Trinajstić information content (AvgIpc) is 2.87. The van der Waals surface area contributed by atoms with Crippen LogP contribution in [0.1, 0.15) is 18.4 Å². The highest BCUT2D eigenvalue weighted by atomic mass is 32.2. The van der Waals surface area contributed by atoms with E-state index in [2.05, 4.69) is 5.32 Å². The fourth-order valence-corrected chi connectivity index (χ4v) is 4.32. The number of carbonyl (C=O) groups excluding carboxylic acids is 1. The molecule has 6 heteroatoms. The fourth-order valence-electron chi connectivity index (χ4n) is 3.06. The highest BCUT2D eigenvalue weighted by Gasteiger charge is 2.19. The summed E-state index contributed by atoms with van der Waals surface area (Å²) >= 11 is 0. The Balaban J connectivity index is 1.49. The first-order chi connectivity index (χ1) is 12.5. The summed E-state index contributed by atoms with van der Waals surface area (Å²) in [4.78, 5) is 12.3. The Kier molecular flexibility index (Phi) is 5.93. The number of para-hydroxylation sites is 1. The predicted octanol–water partition coefficient (Wildman–Crippen LogP) is 2.61. The summed E-state index contributed by atoms with van der Waals surface area (Å²) in [7, 11) is -3.43. The molecule has 1 N–H and O–H groups in total. The van der Waals surface area contributed by atoms with Gasteiger partial charge in [0.25, 0.3) is 0 Å². The first-order valence-electron chi connectivity index (χ1n) is 8.80. The van der Waals surface area contributed by atoms with Gasteiger partial charge in [0.1, 0.15) is 5.75 Å². The Labute approximate surface area is 154 Å². The van der Waals surface area contributed by atoms with E-state index >= 15 is 0 Å². The standard InChI is InChI=1S/C20H23NO4S/c22-20(11-13-26(23,24)18-7-2-1-3-8-18)21-15-16-10-12-25-19-9-5-4-6-17(19)14-16/h1-9,16H,10-15H2,(H,21,22)/t16-/m1/s1. The van der Waals surface area contributed by atoms with Crippen LogP contribution in [-0.4, -0.2) is 33.2 Å². The zero-order valence-electron chi connectivity index (χ0n) is 14.6. The molecule has 5 nitrogen and oxygen atoms in total. The number of fused-ring (bicyclic) bond motifs is 1. The van der Waals surface area contributed by atoms with Crippen LogP contribution < -0.4 is 10.1 Å². The number of hydrogen-bond donors (Lipinski definition) is 1. The molecule has 0 aromatic heterocycles. The largest absolute Gasteiger partial charge is 0.493 e. The topological polar surface area (TPSA) is 72.5 Å². The first-order valence-corrected chi connectivity index (χ1v) is 10.4. The van der Waals surface area contributed by atoms with Crippen LogP contribution in [0.4, 0.5) is 0 Å². The van der Waals surface area contributed by atoms with Crippen molar-refractivity contribution in [1.29, 1.82) is 0 Å². The second-order valence-corrected chi connectivity index (χ2v) is 8.61. The smallest absolute Gasteiger partial charge is 0.221 e. The molecule has 0 spiro atoms. The third kappa shape index (κ3) is 4.85. The molecule has 0 saturated carbocycles. The quantitative estimate of drug-likeness (QED) is 0.845. The molecular formula is C20H23NO4S. The Hall–Kier alpha value is -2.34. The van der Waals surface area contributed by atoms with Crippen LogP contribution >= 0.6 is 0 Å². The minimum absolute atomic E-state index is 0.0307. The maximum atomic E-state index is 12.2. The van der Waals surface area contributed by atoms with E-state index in [1.165, 1.54) is 0 Å². The van der Waals surface area contributed by atoms with E-state index in [-0.39, 0.29) is 28.9 Å². The molecule has 0 bridgehead atoms. The van der Waals surface area contributed by atoms with Crippen molar-refractivity contribution in [3.05, 3.63) is 60.2 Å². The molecule has 1 aliphatic rings. The van der Waals surface area contributed by atoms with Crippen molar-refractivity contribution in [3.8, 4) is 5.75 Å². The van der Waals surface area contributed by atoms with E-state index in [1.807, 2.05) is 24.3 Å². The highest BCUT2D eigenvalue weighted by molar-refractivity contribution is 7.91. The summed E-state index contributed by atoms with van der Waals surface area (Å²) in [6.45, 7) is 1.15. The lowest BCUT2D eigenvalue weighted by Crippen LogP contribution is -2.31. The fraction of sp³-hybridized carbons (Fsp3) is 0.350. The zero-order valence-corrected chi connectivity index (χ0v) is 15.4. The van der Waals surface area contributed by atoms with Gasteiger partial charge in [0.05, 0.1) is 17.3 Å². The Morgan fingerprint density at radius 1 is 1.08 bits per heavy atom. The molecule has 0 aliphatic carbocycles. The van der Waals surface area contributed by atoms with Crippen LogP contribution in [0.2, 0.25) is 0 Å². The summed E-state index contributed by atoms with van der Waals surface area (Å²) < 4.78 is 30.2. The molecule has 26 heavy (non-hydrogen) atoms. The van der Waals surface area contributed by atoms with Gasteiger partial charge in [-0.2, -0.15) is 0 Å². The summed E-state index contributed by atoms with van der Waals surface area (Å²) in [5, 5.41) is 2.88. The molecule has 138 valence electrons. The summed E-state index contributed by atoms with van der Waals surface area (Å²) in [6.07, 6.45) is 1.67. The molecule has 0 unspecified atom stereocenters. The molecule has 3 rings (SSSR count). The average molecular weight is 373 g/mol. The molecular weight excluding hydrogens is 350 g/mol. The number of carbonyl (C=O) groups is 1. The number of benzene rings is 2. The van der Waals surface area contributed by atoms with E-state index in [4.69, 9.17) is 4.74 Å². The molecule has 1 amide bonds. The summed E-state index contributed by atoms with van der Waals surface area (Å²) in [5.41, 5.74) is 1.15. The van der Waals surface area contributed by atoms with Crippen LogP contribution in [0, 0.1) is 5.92 Å². The van der Waals surface area contributed by atoms with Crippen molar-refractivity contribution in [1.82, 2.24) is 5.32 Å². The van der Waals surface area contributed by atoms with Crippen molar-refractivity contribution < 1.29 is 17.9 Å². The zero-order chi connectivity index (χ0) is 18.4. The highest BCUT2D eigenvalue weighted by Crippen LogP contribution is 2.26. The maximum absolute atomic E-state index is 12.2. The second-order valence-electron chi connectivity index (χ2n) is 6.50. The maximum Gasteiger partial charge on any atom is 0.221 e. The molecule has 0 radical (unpaired) electrons. The number of rotatable bonds is 6. The number of nitrogens with one attached hydrogen (secondary N) is 1. The lowest BCUT2D eigenvalue weighted by Gasteiger charge is -2.14. The van der Waals surface area contributed by atoms with Gasteiger partial charge in [-0.25, -0.2) is 8.42 Å². The Bertz CT molecular complexity index is 849. The molecule has 1 heterocycles. The van der Waals surface area contributed by atoms with Crippen molar-refractivity contribution >= 4 is 15.7 Å². The van der Waals surface area contributed by atoms with E-state index in [9.17, 15) is 13.2 Å². The van der Waals surface area contributed by atoms with Crippen LogP contribution in [-0.2, 0) is 21.1 Å². The predicted molar refractivity (Wildman–Crippen MR) is 99.9 cm³/mol. The van der Waals surface area contributed by atoms with Crippen molar-refractivity contribution in [2.75, 3.05) is 18.9 Å². The minimum Gasteiger partial charge on any atom is -0.493 e. The number of ether oxygens (including phenoxy) is 1. The minimum atomic E-state index is -3.43. The number of amides is 1.